The summed E-state index contributed by atoms with van der Waals surface area (Å²) >= 11 is 1.55. The lowest BCUT2D eigenvalue weighted by Gasteiger charge is -2.26. The second-order valence-electron chi connectivity index (χ2n) is 8.68. The van der Waals surface area contributed by atoms with Crippen molar-refractivity contribution < 1.29 is 5.11 Å². The van der Waals surface area contributed by atoms with Crippen molar-refractivity contribution >= 4 is 32.9 Å². The number of thiazole rings is 1. The first kappa shape index (κ1) is 18.6. The van der Waals surface area contributed by atoms with E-state index in [4.69, 9.17) is 0 Å². The number of nitrogens with zero attached hydrogens (tertiary/aromatic N) is 2. The molecule has 1 heterocycles. The van der Waals surface area contributed by atoms with Gasteiger partial charge in [-0.25, -0.2) is 9.98 Å². The Balaban J connectivity index is 2.08. The van der Waals surface area contributed by atoms with Gasteiger partial charge in [-0.3, -0.25) is 0 Å². The van der Waals surface area contributed by atoms with E-state index in [1.807, 2.05) is 30.3 Å². The molecule has 3 nitrogen and oxygen atoms in total. The molecule has 3 aromatic rings. The number of aromatic hydroxyl groups is 1. The van der Waals surface area contributed by atoms with Gasteiger partial charge in [0.2, 0.25) is 5.13 Å². The molecule has 26 heavy (non-hydrogen) atoms. The average Bonchev–Trinajstić information content (AvgIpc) is 2.94. The standard InChI is InChI=1S/C22H26N2OS/c1-21(2,3)15-11-14(19(25)16(12-15)22(4,5)6)13-23-20-24-17-9-7-8-10-18(17)26-20/h7-13,25H,1-6H3/b23-13+. The normalized spacial score (nSPS) is 13.0. The van der Waals surface area contributed by atoms with Crippen molar-refractivity contribution in [3.63, 3.8) is 0 Å². The quantitative estimate of drug-likeness (QED) is 0.537. The van der Waals surface area contributed by atoms with E-state index in [0.717, 1.165) is 21.3 Å². The molecule has 0 spiro atoms. The fraction of sp³-hybridized carbons (Fsp3) is 0.364. The summed E-state index contributed by atoms with van der Waals surface area (Å²) in [5, 5.41) is 11.5. The minimum absolute atomic E-state index is 0.00779. The third-order valence-corrected chi connectivity index (χ3v) is 5.35. The molecule has 0 bridgehead atoms. The minimum Gasteiger partial charge on any atom is -0.507 e. The van der Waals surface area contributed by atoms with Gasteiger partial charge in [-0.15, -0.1) is 0 Å². The predicted molar refractivity (Wildman–Crippen MR) is 112 cm³/mol. The highest BCUT2D eigenvalue weighted by molar-refractivity contribution is 7.22. The zero-order valence-corrected chi connectivity index (χ0v) is 17.1. The van der Waals surface area contributed by atoms with E-state index < -0.39 is 0 Å². The fourth-order valence-electron chi connectivity index (χ4n) is 2.80. The number of rotatable bonds is 2. The first-order valence-electron chi connectivity index (χ1n) is 8.83. The third kappa shape index (κ3) is 3.80. The van der Waals surface area contributed by atoms with Crippen LogP contribution in [-0.4, -0.2) is 16.3 Å². The lowest BCUT2D eigenvalue weighted by Crippen LogP contribution is -2.17. The van der Waals surface area contributed by atoms with E-state index in [1.54, 1.807) is 17.6 Å². The molecule has 1 N–H and O–H groups in total. The molecule has 3 rings (SSSR count). The predicted octanol–water partition coefficient (Wildman–Crippen LogP) is 6.35. The molecule has 0 aliphatic rings. The first-order chi connectivity index (χ1) is 12.1. The van der Waals surface area contributed by atoms with E-state index in [9.17, 15) is 5.11 Å². The maximum Gasteiger partial charge on any atom is 0.210 e. The number of para-hydroxylation sites is 1. The number of phenols is 1. The Morgan fingerprint density at radius 2 is 1.69 bits per heavy atom. The van der Waals surface area contributed by atoms with Crippen LogP contribution in [0.2, 0.25) is 0 Å². The van der Waals surface area contributed by atoms with Crippen molar-refractivity contribution in [1.82, 2.24) is 4.98 Å². The Morgan fingerprint density at radius 1 is 1.00 bits per heavy atom. The Labute approximate surface area is 159 Å². The van der Waals surface area contributed by atoms with Crippen LogP contribution in [0.3, 0.4) is 0 Å². The van der Waals surface area contributed by atoms with Crippen molar-refractivity contribution in [3.05, 3.63) is 53.1 Å². The Bertz CT molecular complexity index is 939. The highest BCUT2D eigenvalue weighted by atomic mass is 32.1. The van der Waals surface area contributed by atoms with Crippen LogP contribution in [-0.2, 0) is 10.8 Å². The largest absolute Gasteiger partial charge is 0.507 e. The zero-order valence-electron chi connectivity index (χ0n) is 16.3. The summed E-state index contributed by atoms with van der Waals surface area (Å²) in [7, 11) is 0. The van der Waals surface area contributed by atoms with Crippen molar-refractivity contribution in [1.29, 1.82) is 0 Å². The van der Waals surface area contributed by atoms with Gasteiger partial charge in [-0.05, 0) is 34.6 Å². The second-order valence-corrected chi connectivity index (χ2v) is 9.69. The maximum absolute atomic E-state index is 10.8. The van der Waals surface area contributed by atoms with Crippen LogP contribution in [0, 0.1) is 0 Å². The van der Waals surface area contributed by atoms with Crippen molar-refractivity contribution in [2.24, 2.45) is 4.99 Å². The van der Waals surface area contributed by atoms with Crippen LogP contribution in [0.5, 0.6) is 5.75 Å². The van der Waals surface area contributed by atoms with Crippen molar-refractivity contribution in [3.8, 4) is 5.75 Å². The van der Waals surface area contributed by atoms with E-state index in [-0.39, 0.29) is 10.8 Å². The van der Waals surface area contributed by atoms with Crippen LogP contribution in [0.1, 0.15) is 58.2 Å². The molecule has 0 amide bonds. The molecule has 1 aromatic heterocycles. The topological polar surface area (TPSA) is 45.5 Å². The van der Waals surface area contributed by atoms with Gasteiger partial charge in [0.25, 0.3) is 0 Å². The smallest absolute Gasteiger partial charge is 0.210 e. The lowest BCUT2D eigenvalue weighted by atomic mass is 9.79. The van der Waals surface area contributed by atoms with Crippen molar-refractivity contribution in [2.75, 3.05) is 0 Å². The summed E-state index contributed by atoms with van der Waals surface area (Å²) in [5.74, 6) is 0.301. The number of hydrogen-bond acceptors (Lipinski definition) is 4. The number of fused-ring (bicyclic) bond motifs is 1. The van der Waals surface area contributed by atoms with E-state index in [2.05, 4.69) is 57.6 Å². The third-order valence-electron chi connectivity index (χ3n) is 4.41. The van der Waals surface area contributed by atoms with Crippen molar-refractivity contribution in [2.45, 2.75) is 52.4 Å². The minimum atomic E-state index is -0.149. The molecule has 0 aliphatic carbocycles. The number of aliphatic imine (C=N–C) groups is 1. The Hall–Kier alpha value is -2.20. The molecular weight excluding hydrogens is 340 g/mol. The molecule has 0 aliphatic heterocycles. The van der Waals surface area contributed by atoms with E-state index in [0.29, 0.717) is 10.9 Å². The molecule has 0 fully saturated rings. The van der Waals surface area contributed by atoms with Gasteiger partial charge < -0.3 is 5.11 Å². The van der Waals surface area contributed by atoms with Gasteiger partial charge in [0.05, 0.1) is 10.2 Å². The molecule has 0 atom stereocenters. The molecule has 136 valence electrons. The molecule has 0 saturated carbocycles. The second kappa shape index (κ2) is 6.51. The number of aromatic nitrogens is 1. The molecule has 4 heteroatoms. The molecule has 0 saturated heterocycles. The zero-order chi connectivity index (χ0) is 19.1. The molecule has 0 radical (unpaired) electrons. The monoisotopic (exact) mass is 366 g/mol. The van der Waals surface area contributed by atoms with Gasteiger partial charge in [-0.1, -0.05) is 71.1 Å². The van der Waals surface area contributed by atoms with Gasteiger partial charge in [0.1, 0.15) is 5.75 Å². The van der Waals surface area contributed by atoms with Gasteiger partial charge in [0.15, 0.2) is 0 Å². The van der Waals surface area contributed by atoms with E-state index in [1.165, 1.54) is 5.56 Å². The van der Waals surface area contributed by atoms with Crippen LogP contribution >= 0.6 is 11.3 Å². The van der Waals surface area contributed by atoms with E-state index >= 15 is 0 Å². The summed E-state index contributed by atoms with van der Waals surface area (Å²) in [4.78, 5) is 9.08. The molecule has 2 aromatic carbocycles. The lowest BCUT2D eigenvalue weighted by molar-refractivity contribution is 0.444. The fourth-order valence-corrected chi connectivity index (χ4v) is 3.61. The Kier molecular flexibility index (Phi) is 4.65. The summed E-state index contributed by atoms with van der Waals surface area (Å²) in [6.45, 7) is 12.9. The van der Waals surface area contributed by atoms with Crippen LogP contribution in [0.4, 0.5) is 5.13 Å². The average molecular weight is 367 g/mol. The molecular formula is C22H26N2OS. The summed E-state index contributed by atoms with van der Waals surface area (Å²) in [6.07, 6.45) is 1.73. The van der Waals surface area contributed by atoms with Gasteiger partial charge in [-0.2, -0.15) is 0 Å². The number of benzene rings is 2. The number of hydrogen-bond donors (Lipinski definition) is 1. The number of phenolic OH excluding ortho intramolecular Hbond substituents is 1. The summed E-state index contributed by atoms with van der Waals surface area (Å²) in [6, 6.07) is 12.2. The highest BCUT2D eigenvalue weighted by Crippen LogP contribution is 2.37. The first-order valence-corrected chi connectivity index (χ1v) is 9.65. The summed E-state index contributed by atoms with van der Waals surface area (Å²) < 4.78 is 1.11. The maximum atomic E-state index is 10.8. The van der Waals surface area contributed by atoms with Crippen LogP contribution < -0.4 is 0 Å². The SMILES string of the molecule is CC(C)(C)c1cc(/C=N/c2nc3ccccc3s2)c(O)c(C(C)(C)C)c1. The van der Waals surface area contributed by atoms with Gasteiger partial charge in [0, 0.05) is 17.3 Å². The summed E-state index contributed by atoms with van der Waals surface area (Å²) in [5.41, 5.74) is 3.66. The van der Waals surface area contributed by atoms with Gasteiger partial charge >= 0.3 is 0 Å². The highest BCUT2D eigenvalue weighted by Gasteiger charge is 2.24. The van der Waals surface area contributed by atoms with Crippen LogP contribution in [0.25, 0.3) is 10.2 Å². The molecule has 0 unspecified atom stereocenters. The van der Waals surface area contributed by atoms with Crippen LogP contribution in [0.15, 0.2) is 41.4 Å². The Morgan fingerprint density at radius 3 is 2.31 bits per heavy atom.